The normalized spacial score (nSPS) is 12.5. The van der Waals surface area contributed by atoms with Crippen molar-refractivity contribution in [3.8, 4) is 0 Å². The summed E-state index contributed by atoms with van der Waals surface area (Å²) in [4.78, 5) is 15.8. The van der Waals surface area contributed by atoms with Gasteiger partial charge in [0.1, 0.15) is 0 Å². The van der Waals surface area contributed by atoms with Crippen LogP contribution in [0.1, 0.15) is 17.5 Å². The quantitative estimate of drug-likeness (QED) is 0.259. The van der Waals surface area contributed by atoms with Crippen LogP contribution in [0.3, 0.4) is 0 Å². The molecule has 11 heteroatoms. The predicted molar refractivity (Wildman–Crippen MR) is 107 cm³/mol. The topological polar surface area (TPSA) is 41.5 Å². The van der Waals surface area contributed by atoms with Gasteiger partial charge in [0, 0.05) is 11.6 Å². The zero-order valence-corrected chi connectivity index (χ0v) is 17.2. The first-order chi connectivity index (χ1) is 14.9. The number of rotatable bonds is 7. The van der Waals surface area contributed by atoms with Gasteiger partial charge in [-0.3, -0.25) is 4.84 Å². The molecule has 0 radical (unpaired) electrons. The summed E-state index contributed by atoms with van der Waals surface area (Å²) in [5.74, 6) is -0.180. The van der Waals surface area contributed by atoms with Crippen molar-refractivity contribution in [1.29, 1.82) is 0 Å². The fourth-order valence-corrected chi connectivity index (χ4v) is 2.90. The lowest BCUT2D eigenvalue weighted by Crippen LogP contribution is -2.24. The van der Waals surface area contributed by atoms with E-state index in [0.29, 0.717) is 36.0 Å². The second kappa shape index (κ2) is 9.29. The molecule has 0 saturated carbocycles. The molecule has 5 nitrogen and oxygen atoms in total. The molecule has 0 amide bonds. The number of hydrogen-bond donors (Lipinski definition) is 0. The van der Waals surface area contributed by atoms with Crippen molar-refractivity contribution in [2.24, 2.45) is 0 Å². The molecule has 0 atom stereocenters. The Morgan fingerprint density at radius 1 is 0.906 bits per heavy atom. The molecule has 0 N–H and O–H groups in total. The molecular weight excluding hydrogens is 438 g/mol. The van der Waals surface area contributed by atoms with Crippen LogP contribution in [0.2, 0.25) is 0 Å². The lowest BCUT2D eigenvalue weighted by molar-refractivity contribution is -0.143. The smallest absolute Gasteiger partial charge is 0.309 e. The average molecular weight is 458 g/mol. The Morgan fingerprint density at radius 3 is 2.12 bits per heavy atom. The highest BCUT2D eigenvalue weighted by Gasteiger charge is 2.38. The summed E-state index contributed by atoms with van der Waals surface area (Å²) < 4.78 is 80.1. The van der Waals surface area contributed by atoms with Gasteiger partial charge in [0.15, 0.2) is 0 Å². The fraction of sp³-hybridized carbons (Fsp3) is 0.333. The van der Waals surface area contributed by atoms with E-state index in [1.165, 1.54) is 6.20 Å². The molecule has 3 aromatic rings. The van der Waals surface area contributed by atoms with Gasteiger partial charge in [0.25, 0.3) is 5.95 Å². The van der Waals surface area contributed by atoms with Gasteiger partial charge in [-0.15, -0.1) is 0 Å². The predicted octanol–water partition coefficient (Wildman–Crippen LogP) is 5.69. The van der Waals surface area contributed by atoms with Crippen molar-refractivity contribution < 1.29 is 31.2 Å². The molecule has 1 heterocycles. The summed E-state index contributed by atoms with van der Waals surface area (Å²) >= 11 is 0. The number of halogens is 6. The van der Waals surface area contributed by atoms with Gasteiger partial charge < -0.3 is 4.90 Å². The molecule has 2 aromatic carbocycles. The Balaban J connectivity index is 2.09. The van der Waals surface area contributed by atoms with Crippen LogP contribution in [0.5, 0.6) is 0 Å². The van der Waals surface area contributed by atoms with Crippen molar-refractivity contribution >= 4 is 22.5 Å². The molecule has 1 aromatic heterocycles. The molecule has 0 aliphatic heterocycles. The summed E-state index contributed by atoms with van der Waals surface area (Å²) in [6, 6.07) is 8.07. The number of anilines is 2. The third kappa shape index (κ3) is 5.86. The highest BCUT2D eigenvalue weighted by Crippen LogP contribution is 2.39. The van der Waals surface area contributed by atoms with E-state index in [2.05, 4.69) is 9.97 Å². The highest BCUT2D eigenvalue weighted by molar-refractivity contribution is 5.79. The van der Waals surface area contributed by atoms with Gasteiger partial charge in [0.2, 0.25) is 0 Å². The van der Waals surface area contributed by atoms with E-state index in [-0.39, 0.29) is 18.6 Å². The maximum atomic E-state index is 13.3. The Hall–Kier alpha value is -2.92. The Kier molecular flexibility index (Phi) is 6.89. The SMILES string of the molecule is CN(C)CCCON(c1cc(C(F)(F)F)cc(C(F)(F)F)c1)c1ncc2ccccc2n1. The van der Waals surface area contributed by atoms with Crippen LogP contribution in [-0.4, -0.2) is 42.1 Å². The van der Waals surface area contributed by atoms with E-state index < -0.39 is 29.2 Å². The minimum absolute atomic E-state index is 0.0198. The Morgan fingerprint density at radius 2 is 1.53 bits per heavy atom. The summed E-state index contributed by atoms with van der Waals surface area (Å²) in [6.07, 6.45) is -8.08. The average Bonchev–Trinajstić information content (AvgIpc) is 2.71. The number of benzene rings is 2. The fourth-order valence-electron chi connectivity index (χ4n) is 2.90. The van der Waals surface area contributed by atoms with Crippen LogP contribution >= 0.6 is 0 Å². The number of para-hydroxylation sites is 1. The zero-order chi connectivity index (χ0) is 23.5. The van der Waals surface area contributed by atoms with E-state index in [1.54, 1.807) is 24.3 Å². The second-order valence-corrected chi connectivity index (χ2v) is 7.28. The molecule has 172 valence electrons. The molecular formula is C21H20F6N4O. The number of alkyl halides is 6. The monoisotopic (exact) mass is 458 g/mol. The number of fused-ring (bicyclic) bond motifs is 1. The lowest BCUT2D eigenvalue weighted by Gasteiger charge is -2.24. The maximum Gasteiger partial charge on any atom is 0.416 e. The first-order valence-corrected chi connectivity index (χ1v) is 9.54. The minimum Gasteiger partial charge on any atom is -0.309 e. The third-order valence-corrected chi connectivity index (χ3v) is 4.43. The van der Waals surface area contributed by atoms with Crippen LogP contribution in [0.4, 0.5) is 38.0 Å². The van der Waals surface area contributed by atoms with E-state index in [9.17, 15) is 26.3 Å². The van der Waals surface area contributed by atoms with Crippen LogP contribution in [0.15, 0.2) is 48.7 Å². The molecule has 0 aliphatic rings. The molecule has 0 fully saturated rings. The maximum absolute atomic E-state index is 13.3. The van der Waals surface area contributed by atoms with Gasteiger partial charge in [0.05, 0.1) is 28.9 Å². The number of nitrogens with zero attached hydrogens (tertiary/aromatic N) is 4. The van der Waals surface area contributed by atoms with Crippen molar-refractivity contribution in [1.82, 2.24) is 14.9 Å². The highest BCUT2D eigenvalue weighted by atomic mass is 19.4. The van der Waals surface area contributed by atoms with E-state index in [4.69, 9.17) is 4.84 Å². The Bertz CT molecular complexity index is 1040. The van der Waals surface area contributed by atoms with Crippen LogP contribution in [0.25, 0.3) is 10.9 Å². The number of hydrogen-bond acceptors (Lipinski definition) is 5. The lowest BCUT2D eigenvalue weighted by atomic mass is 10.1. The largest absolute Gasteiger partial charge is 0.416 e. The van der Waals surface area contributed by atoms with Crippen molar-refractivity contribution in [2.45, 2.75) is 18.8 Å². The van der Waals surface area contributed by atoms with Crippen LogP contribution < -0.4 is 5.06 Å². The van der Waals surface area contributed by atoms with Gasteiger partial charge in [-0.05, 0) is 51.3 Å². The third-order valence-electron chi connectivity index (χ3n) is 4.43. The van der Waals surface area contributed by atoms with Gasteiger partial charge in [-0.1, -0.05) is 18.2 Å². The van der Waals surface area contributed by atoms with E-state index in [0.717, 1.165) is 5.06 Å². The standard InChI is InChI=1S/C21H20F6N4O/c1-30(2)8-5-9-32-31(19-28-13-14-6-3-4-7-18(14)29-19)17-11-15(20(22,23)24)10-16(12-17)21(25,26)27/h3-4,6-7,10-13H,5,8-9H2,1-2H3. The van der Waals surface area contributed by atoms with E-state index in [1.807, 2.05) is 19.0 Å². The molecule has 3 rings (SSSR count). The molecule has 0 saturated heterocycles. The molecule has 32 heavy (non-hydrogen) atoms. The van der Waals surface area contributed by atoms with E-state index >= 15 is 0 Å². The van der Waals surface area contributed by atoms with Crippen molar-refractivity contribution in [3.63, 3.8) is 0 Å². The van der Waals surface area contributed by atoms with Gasteiger partial charge >= 0.3 is 12.4 Å². The van der Waals surface area contributed by atoms with Crippen LogP contribution in [0, 0.1) is 0 Å². The summed E-state index contributed by atoms with van der Waals surface area (Å²) in [5.41, 5.74) is -2.93. The zero-order valence-electron chi connectivity index (χ0n) is 17.2. The molecule has 0 aliphatic carbocycles. The molecule has 0 spiro atoms. The summed E-state index contributed by atoms with van der Waals surface area (Å²) in [5, 5.41) is 1.47. The second-order valence-electron chi connectivity index (χ2n) is 7.28. The minimum atomic E-state index is -4.99. The first kappa shape index (κ1) is 23.7. The van der Waals surface area contributed by atoms with Crippen LogP contribution in [-0.2, 0) is 17.2 Å². The van der Waals surface area contributed by atoms with Crippen molar-refractivity contribution in [3.05, 3.63) is 59.8 Å². The van der Waals surface area contributed by atoms with Gasteiger partial charge in [-0.25, -0.2) is 9.97 Å². The Labute approximate surface area is 180 Å². The number of aromatic nitrogens is 2. The van der Waals surface area contributed by atoms with Gasteiger partial charge in [-0.2, -0.15) is 31.4 Å². The van der Waals surface area contributed by atoms with Crippen molar-refractivity contribution in [2.75, 3.05) is 32.3 Å². The summed E-state index contributed by atoms with van der Waals surface area (Å²) in [7, 11) is 3.65. The molecule has 0 unspecified atom stereocenters. The summed E-state index contributed by atoms with van der Waals surface area (Å²) in [6.45, 7) is 0.620. The molecule has 0 bridgehead atoms. The first-order valence-electron chi connectivity index (χ1n) is 9.54.